The summed E-state index contributed by atoms with van der Waals surface area (Å²) in [6.07, 6.45) is 0. The van der Waals surface area contributed by atoms with E-state index in [2.05, 4.69) is 5.10 Å². The van der Waals surface area contributed by atoms with E-state index in [0.717, 1.165) is 23.3 Å². The van der Waals surface area contributed by atoms with Gasteiger partial charge in [0.25, 0.3) is 0 Å². The summed E-state index contributed by atoms with van der Waals surface area (Å²) < 4.78 is 29.1. The van der Waals surface area contributed by atoms with Crippen molar-refractivity contribution in [1.82, 2.24) is 9.78 Å². The Hall–Kier alpha value is -2.18. The second-order valence-corrected chi connectivity index (χ2v) is 6.36. The molecule has 3 aromatic rings. The molecule has 0 fully saturated rings. The highest BCUT2D eigenvalue weighted by atomic mass is 35.5. The Morgan fingerprint density at radius 3 is 2.64 bits per heavy atom. The fraction of sp³-hybridized carbons (Fsp3) is 0.176. The number of aromatic nitrogens is 2. The van der Waals surface area contributed by atoms with Crippen molar-refractivity contribution in [2.75, 3.05) is 0 Å². The van der Waals surface area contributed by atoms with Crippen molar-refractivity contribution < 1.29 is 18.7 Å². The summed E-state index contributed by atoms with van der Waals surface area (Å²) in [4.78, 5) is 10.8. The number of aryl methyl sites for hydroxylation is 1. The lowest BCUT2D eigenvalue weighted by molar-refractivity contribution is -0.166. The number of fused-ring (bicyclic) bond motifs is 1. The van der Waals surface area contributed by atoms with Gasteiger partial charge in [-0.2, -0.15) is 13.9 Å². The Morgan fingerprint density at radius 2 is 2.00 bits per heavy atom. The normalized spacial score (nSPS) is 11.9. The summed E-state index contributed by atoms with van der Waals surface area (Å²) >= 11 is 12.3. The van der Waals surface area contributed by atoms with Gasteiger partial charge in [-0.15, -0.1) is 0 Å². The van der Waals surface area contributed by atoms with Gasteiger partial charge >= 0.3 is 11.9 Å². The van der Waals surface area contributed by atoms with Crippen LogP contribution in [0.15, 0.2) is 36.4 Å². The van der Waals surface area contributed by atoms with Crippen LogP contribution >= 0.6 is 23.2 Å². The number of hydrogen-bond acceptors (Lipinski definition) is 2. The summed E-state index contributed by atoms with van der Waals surface area (Å²) in [5.74, 6) is -6.22. The van der Waals surface area contributed by atoms with Crippen LogP contribution in [0.4, 0.5) is 8.78 Å². The maximum atomic E-state index is 13.8. The van der Waals surface area contributed by atoms with Crippen LogP contribution < -0.4 is 0 Å². The van der Waals surface area contributed by atoms with E-state index in [9.17, 15) is 13.6 Å². The Kier molecular flexibility index (Phi) is 4.43. The van der Waals surface area contributed by atoms with Gasteiger partial charge in [-0.3, -0.25) is 4.68 Å². The SMILES string of the molecule is Cc1cccc(Cl)c1Cn1nc(Cl)c2ccc(C(F)(F)C(=O)O)cc21. The number of carboxylic acids is 1. The first kappa shape index (κ1) is 17.6. The van der Waals surface area contributed by atoms with Gasteiger partial charge in [0.1, 0.15) is 0 Å². The third-order valence-electron chi connectivity index (χ3n) is 4.00. The maximum Gasteiger partial charge on any atom is 0.379 e. The molecular weight excluding hydrogens is 373 g/mol. The molecule has 25 heavy (non-hydrogen) atoms. The number of nitrogens with zero attached hydrogens (tertiary/aromatic N) is 2. The minimum atomic E-state index is -4.00. The van der Waals surface area contributed by atoms with Crippen LogP contribution in [-0.2, 0) is 17.3 Å². The van der Waals surface area contributed by atoms with Crippen molar-refractivity contribution in [2.24, 2.45) is 0 Å². The molecule has 3 rings (SSSR count). The molecule has 0 radical (unpaired) electrons. The van der Waals surface area contributed by atoms with Crippen molar-refractivity contribution in [2.45, 2.75) is 19.4 Å². The molecule has 0 aliphatic heterocycles. The van der Waals surface area contributed by atoms with E-state index in [1.165, 1.54) is 10.7 Å². The molecule has 0 aliphatic rings. The molecule has 0 atom stereocenters. The van der Waals surface area contributed by atoms with E-state index in [-0.39, 0.29) is 11.7 Å². The van der Waals surface area contributed by atoms with Gasteiger partial charge in [0.05, 0.1) is 12.1 Å². The van der Waals surface area contributed by atoms with Crippen LogP contribution in [0, 0.1) is 6.92 Å². The fourth-order valence-corrected chi connectivity index (χ4v) is 3.12. The van der Waals surface area contributed by atoms with Crippen molar-refractivity contribution >= 4 is 40.1 Å². The van der Waals surface area contributed by atoms with Crippen LogP contribution in [0.2, 0.25) is 10.2 Å². The molecule has 1 heterocycles. The molecule has 0 amide bonds. The number of rotatable bonds is 4. The lowest BCUT2D eigenvalue weighted by Gasteiger charge is -2.13. The first-order valence-corrected chi connectivity index (χ1v) is 7.99. The highest BCUT2D eigenvalue weighted by molar-refractivity contribution is 6.34. The van der Waals surface area contributed by atoms with Gasteiger partial charge in [0.2, 0.25) is 0 Å². The summed E-state index contributed by atoms with van der Waals surface area (Å²) in [6.45, 7) is 2.09. The second-order valence-electron chi connectivity index (χ2n) is 5.60. The van der Waals surface area contributed by atoms with Crippen LogP contribution in [0.1, 0.15) is 16.7 Å². The first-order valence-electron chi connectivity index (χ1n) is 7.23. The average molecular weight is 385 g/mol. The number of carboxylic acid groups (broad SMARTS) is 1. The highest BCUT2D eigenvalue weighted by Gasteiger charge is 2.41. The summed E-state index contributed by atoms with van der Waals surface area (Å²) in [7, 11) is 0. The highest BCUT2D eigenvalue weighted by Crippen LogP contribution is 2.33. The Balaban J connectivity index is 2.14. The van der Waals surface area contributed by atoms with Gasteiger partial charge in [0, 0.05) is 16.0 Å². The summed E-state index contributed by atoms with van der Waals surface area (Å²) in [6, 6.07) is 8.87. The first-order chi connectivity index (χ1) is 11.7. The van der Waals surface area contributed by atoms with Crippen LogP contribution in [0.5, 0.6) is 0 Å². The molecule has 4 nitrogen and oxygen atoms in total. The van der Waals surface area contributed by atoms with E-state index in [1.54, 1.807) is 12.1 Å². The average Bonchev–Trinajstić information content (AvgIpc) is 2.86. The molecule has 0 aliphatic carbocycles. The van der Waals surface area contributed by atoms with Crippen LogP contribution in [0.3, 0.4) is 0 Å². The smallest absolute Gasteiger partial charge is 0.379 e. The molecule has 1 aromatic heterocycles. The molecule has 2 aromatic carbocycles. The number of halogens is 4. The number of carbonyl (C=O) groups is 1. The Bertz CT molecular complexity index is 966. The van der Waals surface area contributed by atoms with Crippen molar-refractivity contribution in [1.29, 1.82) is 0 Å². The minimum absolute atomic E-state index is 0.143. The van der Waals surface area contributed by atoms with Gasteiger partial charge in [-0.25, -0.2) is 4.79 Å². The fourth-order valence-electron chi connectivity index (χ4n) is 2.59. The van der Waals surface area contributed by atoms with E-state index in [4.69, 9.17) is 28.3 Å². The largest absolute Gasteiger partial charge is 0.477 e. The minimum Gasteiger partial charge on any atom is -0.477 e. The molecule has 0 saturated carbocycles. The van der Waals surface area contributed by atoms with E-state index in [0.29, 0.717) is 15.9 Å². The number of benzene rings is 2. The molecule has 1 N–H and O–H groups in total. The van der Waals surface area contributed by atoms with Crippen molar-refractivity contribution in [3.05, 3.63) is 63.3 Å². The predicted octanol–water partition coefficient (Wildman–Crippen LogP) is 4.88. The summed E-state index contributed by atoms with van der Waals surface area (Å²) in [5, 5.41) is 14.0. The van der Waals surface area contributed by atoms with E-state index < -0.39 is 17.5 Å². The van der Waals surface area contributed by atoms with E-state index >= 15 is 0 Å². The van der Waals surface area contributed by atoms with Crippen LogP contribution in [0.25, 0.3) is 10.9 Å². The quantitative estimate of drug-likeness (QED) is 0.697. The molecule has 0 unspecified atom stereocenters. The molecule has 0 bridgehead atoms. The maximum absolute atomic E-state index is 13.8. The lowest BCUT2D eigenvalue weighted by Crippen LogP contribution is -2.25. The summed E-state index contributed by atoms with van der Waals surface area (Å²) in [5.41, 5.74) is 1.36. The Morgan fingerprint density at radius 1 is 1.28 bits per heavy atom. The zero-order valence-electron chi connectivity index (χ0n) is 12.9. The monoisotopic (exact) mass is 384 g/mol. The number of aliphatic carboxylic acids is 1. The zero-order chi connectivity index (χ0) is 18.4. The zero-order valence-corrected chi connectivity index (χ0v) is 14.4. The predicted molar refractivity (Wildman–Crippen MR) is 91.6 cm³/mol. The third-order valence-corrected chi connectivity index (χ3v) is 4.63. The molecular formula is C17H12Cl2F2N2O2. The molecule has 0 spiro atoms. The second kappa shape index (κ2) is 6.28. The third kappa shape index (κ3) is 3.07. The van der Waals surface area contributed by atoms with Gasteiger partial charge in [-0.05, 0) is 36.2 Å². The van der Waals surface area contributed by atoms with Crippen molar-refractivity contribution in [3.8, 4) is 0 Å². The molecule has 130 valence electrons. The standard InChI is InChI=1S/C17H12Cl2F2N2O2/c1-9-3-2-4-13(18)12(9)8-23-14-7-10(17(20,21)16(24)25)5-6-11(14)15(19)22-23/h2-7H,8H2,1H3,(H,24,25). The van der Waals surface area contributed by atoms with Gasteiger partial charge < -0.3 is 5.11 Å². The van der Waals surface area contributed by atoms with E-state index in [1.807, 2.05) is 13.0 Å². The number of hydrogen-bond donors (Lipinski definition) is 1. The van der Waals surface area contributed by atoms with Gasteiger partial charge in [-0.1, -0.05) is 41.4 Å². The lowest BCUT2D eigenvalue weighted by atomic mass is 10.1. The topological polar surface area (TPSA) is 55.1 Å². The van der Waals surface area contributed by atoms with Crippen LogP contribution in [-0.4, -0.2) is 20.9 Å². The molecule has 8 heteroatoms. The van der Waals surface area contributed by atoms with Crippen molar-refractivity contribution in [3.63, 3.8) is 0 Å². The Labute approximate surface area is 151 Å². The molecule has 0 saturated heterocycles. The van der Waals surface area contributed by atoms with Gasteiger partial charge in [0.15, 0.2) is 5.15 Å². The number of alkyl halides is 2.